The Morgan fingerprint density at radius 2 is 2.56 bits per heavy atom. The number of nitrogens with zero attached hydrogens (tertiary/aromatic N) is 2. The Morgan fingerprint density at radius 3 is 3.22 bits per heavy atom. The summed E-state index contributed by atoms with van der Waals surface area (Å²) in [5, 5.41) is 2.36. The van der Waals surface area contributed by atoms with Crippen molar-refractivity contribution < 1.29 is 9.53 Å². The molecule has 1 aliphatic rings. The smallest absolute Gasteiger partial charge is 0.228 e. The Labute approximate surface area is 111 Å². The highest BCUT2D eigenvalue weighted by molar-refractivity contribution is 7.13. The maximum atomic E-state index is 12.1. The van der Waals surface area contributed by atoms with Crippen LogP contribution in [0.25, 0.3) is 0 Å². The van der Waals surface area contributed by atoms with Gasteiger partial charge in [-0.25, -0.2) is 4.98 Å². The van der Waals surface area contributed by atoms with Crippen LogP contribution in [0.15, 0.2) is 5.38 Å². The van der Waals surface area contributed by atoms with Crippen LogP contribution < -0.4 is 5.73 Å². The molecule has 0 aliphatic carbocycles. The normalized spacial score (nSPS) is 20.1. The molecule has 5 nitrogen and oxygen atoms in total. The van der Waals surface area contributed by atoms with E-state index in [4.69, 9.17) is 10.5 Å². The van der Waals surface area contributed by atoms with Crippen molar-refractivity contribution in [2.45, 2.75) is 32.3 Å². The molecular weight excluding hydrogens is 250 g/mol. The summed E-state index contributed by atoms with van der Waals surface area (Å²) in [6, 6.07) is 0. The average molecular weight is 269 g/mol. The Balaban J connectivity index is 1.88. The first-order valence-electron chi connectivity index (χ1n) is 6.28. The number of amides is 1. The molecule has 1 aliphatic heterocycles. The number of carbonyl (C=O) groups is 1. The molecule has 6 heteroatoms. The number of hydrogen-bond acceptors (Lipinski definition) is 5. The summed E-state index contributed by atoms with van der Waals surface area (Å²) in [5.74, 6) is 0.115. The number of anilines is 1. The van der Waals surface area contributed by atoms with Gasteiger partial charge < -0.3 is 15.4 Å². The highest BCUT2D eigenvalue weighted by Gasteiger charge is 2.24. The molecule has 0 saturated carbocycles. The Bertz CT molecular complexity index is 406. The lowest BCUT2D eigenvalue weighted by Crippen LogP contribution is -2.43. The van der Waals surface area contributed by atoms with Gasteiger partial charge in [0.2, 0.25) is 5.91 Å². The van der Waals surface area contributed by atoms with Crippen molar-refractivity contribution in [3.05, 3.63) is 11.1 Å². The van der Waals surface area contributed by atoms with Crippen LogP contribution in [0.1, 0.15) is 25.5 Å². The van der Waals surface area contributed by atoms with E-state index in [0.29, 0.717) is 24.7 Å². The molecule has 0 aromatic carbocycles. The summed E-state index contributed by atoms with van der Waals surface area (Å²) < 4.78 is 5.59. The van der Waals surface area contributed by atoms with E-state index in [1.165, 1.54) is 11.3 Å². The van der Waals surface area contributed by atoms with Gasteiger partial charge in [0.15, 0.2) is 5.13 Å². The first-order valence-corrected chi connectivity index (χ1v) is 7.16. The molecule has 1 aromatic heterocycles. The number of piperidine rings is 1. The number of nitrogen functional groups attached to an aromatic ring is 1. The maximum Gasteiger partial charge on any atom is 0.228 e. The lowest BCUT2D eigenvalue weighted by molar-refractivity contribution is -0.134. The number of nitrogens with two attached hydrogens (primary N) is 1. The minimum Gasteiger partial charge on any atom is -0.377 e. The topological polar surface area (TPSA) is 68.5 Å². The molecule has 2 rings (SSSR count). The van der Waals surface area contributed by atoms with Gasteiger partial charge in [0, 0.05) is 25.1 Å². The zero-order valence-electron chi connectivity index (χ0n) is 10.6. The fourth-order valence-electron chi connectivity index (χ4n) is 2.21. The van der Waals surface area contributed by atoms with Gasteiger partial charge in [-0.05, 0) is 19.8 Å². The standard InChI is InChI=1S/C12H19N3O2S/c1-2-17-10-4-3-5-15(7-10)11(16)6-9-8-18-12(13)14-9/h8,10H,2-7H2,1H3,(H2,13,14). The molecule has 2 N–H and O–H groups in total. The lowest BCUT2D eigenvalue weighted by Gasteiger charge is -2.32. The van der Waals surface area contributed by atoms with Gasteiger partial charge in [0.05, 0.1) is 18.2 Å². The second-order valence-corrected chi connectivity index (χ2v) is 5.30. The molecule has 1 aromatic rings. The molecule has 1 atom stereocenters. The fraction of sp³-hybridized carbons (Fsp3) is 0.667. The van der Waals surface area contributed by atoms with Gasteiger partial charge in [0.1, 0.15) is 0 Å². The molecule has 2 heterocycles. The van der Waals surface area contributed by atoms with Crippen LogP contribution in [-0.4, -0.2) is 41.6 Å². The number of aromatic nitrogens is 1. The number of likely N-dealkylation sites (tertiary alicyclic amines) is 1. The van der Waals surface area contributed by atoms with Crippen molar-refractivity contribution in [2.24, 2.45) is 0 Å². The molecular formula is C12H19N3O2S. The predicted molar refractivity (Wildman–Crippen MR) is 71.5 cm³/mol. The van der Waals surface area contributed by atoms with Crippen LogP contribution in [0.5, 0.6) is 0 Å². The lowest BCUT2D eigenvalue weighted by atomic mass is 10.1. The molecule has 100 valence electrons. The second kappa shape index (κ2) is 6.15. The number of rotatable bonds is 4. The molecule has 1 saturated heterocycles. The van der Waals surface area contributed by atoms with Crippen LogP contribution in [0.4, 0.5) is 5.13 Å². The molecule has 0 bridgehead atoms. The summed E-state index contributed by atoms with van der Waals surface area (Å²) in [5.41, 5.74) is 6.32. The summed E-state index contributed by atoms with van der Waals surface area (Å²) >= 11 is 1.37. The number of thiazole rings is 1. The van der Waals surface area contributed by atoms with E-state index in [-0.39, 0.29) is 12.0 Å². The zero-order chi connectivity index (χ0) is 13.0. The van der Waals surface area contributed by atoms with Crippen molar-refractivity contribution in [1.29, 1.82) is 0 Å². The van der Waals surface area contributed by atoms with E-state index in [9.17, 15) is 4.79 Å². The van der Waals surface area contributed by atoms with Crippen LogP contribution in [0.3, 0.4) is 0 Å². The van der Waals surface area contributed by atoms with E-state index < -0.39 is 0 Å². The summed E-state index contributed by atoms with van der Waals surface area (Å²) in [6.07, 6.45) is 2.58. The monoisotopic (exact) mass is 269 g/mol. The highest BCUT2D eigenvalue weighted by atomic mass is 32.1. The minimum atomic E-state index is 0.115. The Hall–Kier alpha value is -1.14. The Morgan fingerprint density at radius 1 is 1.72 bits per heavy atom. The molecule has 0 radical (unpaired) electrons. The van der Waals surface area contributed by atoms with E-state index in [1.54, 1.807) is 0 Å². The minimum absolute atomic E-state index is 0.115. The van der Waals surface area contributed by atoms with E-state index >= 15 is 0 Å². The summed E-state index contributed by atoms with van der Waals surface area (Å²) in [6.45, 7) is 4.21. The van der Waals surface area contributed by atoms with Crippen LogP contribution in [0, 0.1) is 0 Å². The number of ether oxygens (including phenoxy) is 1. The average Bonchev–Trinajstić information content (AvgIpc) is 2.75. The van der Waals surface area contributed by atoms with Gasteiger partial charge in [0.25, 0.3) is 0 Å². The predicted octanol–water partition coefficient (Wildman–Crippen LogP) is 1.30. The molecule has 1 amide bonds. The highest BCUT2D eigenvalue weighted by Crippen LogP contribution is 2.16. The molecule has 18 heavy (non-hydrogen) atoms. The van der Waals surface area contributed by atoms with Crippen LogP contribution >= 0.6 is 11.3 Å². The number of hydrogen-bond donors (Lipinski definition) is 1. The van der Waals surface area contributed by atoms with Crippen molar-refractivity contribution in [2.75, 3.05) is 25.4 Å². The quantitative estimate of drug-likeness (QED) is 0.894. The number of carbonyl (C=O) groups excluding carboxylic acids is 1. The third-order valence-corrected chi connectivity index (χ3v) is 3.76. The zero-order valence-corrected chi connectivity index (χ0v) is 11.4. The van der Waals surface area contributed by atoms with Gasteiger partial charge in [-0.3, -0.25) is 4.79 Å². The van der Waals surface area contributed by atoms with Crippen molar-refractivity contribution in [3.63, 3.8) is 0 Å². The van der Waals surface area contributed by atoms with E-state index in [0.717, 1.165) is 25.1 Å². The van der Waals surface area contributed by atoms with Gasteiger partial charge >= 0.3 is 0 Å². The van der Waals surface area contributed by atoms with E-state index in [2.05, 4.69) is 4.98 Å². The second-order valence-electron chi connectivity index (χ2n) is 4.41. The van der Waals surface area contributed by atoms with Crippen molar-refractivity contribution in [3.8, 4) is 0 Å². The van der Waals surface area contributed by atoms with Crippen molar-refractivity contribution >= 4 is 22.4 Å². The van der Waals surface area contributed by atoms with Gasteiger partial charge in [-0.2, -0.15) is 0 Å². The SMILES string of the molecule is CCOC1CCCN(C(=O)Cc2csc(N)n2)C1. The fourth-order valence-corrected chi connectivity index (χ4v) is 2.77. The molecule has 0 spiro atoms. The van der Waals surface area contributed by atoms with Crippen molar-refractivity contribution in [1.82, 2.24) is 9.88 Å². The van der Waals surface area contributed by atoms with Crippen LogP contribution in [-0.2, 0) is 16.0 Å². The summed E-state index contributed by atoms with van der Waals surface area (Å²) in [7, 11) is 0. The van der Waals surface area contributed by atoms with Crippen LogP contribution in [0.2, 0.25) is 0 Å². The Kier molecular flexibility index (Phi) is 4.54. The van der Waals surface area contributed by atoms with Gasteiger partial charge in [-0.15, -0.1) is 11.3 Å². The molecule has 1 unspecified atom stereocenters. The summed E-state index contributed by atoms with van der Waals surface area (Å²) in [4.78, 5) is 18.1. The first-order chi connectivity index (χ1) is 8.69. The van der Waals surface area contributed by atoms with Gasteiger partial charge in [-0.1, -0.05) is 0 Å². The molecule has 1 fully saturated rings. The third-order valence-electron chi connectivity index (χ3n) is 3.04. The van der Waals surface area contributed by atoms with E-state index in [1.807, 2.05) is 17.2 Å². The largest absolute Gasteiger partial charge is 0.377 e. The third kappa shape index (κ3) is 3.43. The first kappa shape index (κ1) is 13.3. The maximum absolute atomic E-state index is 12.1.